The summed E-state index contributed by atoms with van der Waals surface area (Å²) in [5.41, 5.74) is 7.09. The van der Waals surface area contributed by atoms with Crippen molar-refractivity contribution >= 4 is 23.2 Å². The van der Waals surface area contributed by atoms with Crippen LogP contribution in [0.15, 0.2) is 42.5 Å². The Kier molecular flexibility index (Phi) is 4.02. The normalized spacial score (nSPS) is 10.2. The zero-order valence-electron chi connectivity index (χ0n) is 9.99. The molecule has 0 radical (unpaired) electrons. The van der Waals surface area contributed by atoms with E-state index in [1.165, 1.54) is 18.2 Å². The molecule has 19 heavy (non-hydrogen) atoms. The summed E-state index contributed by atoms with van der Waals surface area (Å²) in [5, 5.41) is 3.02. The number of nitrogens with two attached hydrogens (primary N) is 1. The summed E-state index contributed by atoms with van der Waals surface area (Å²) in [6, 6.07) is 10.7. The number of anilines is 1. The minimum Gasteiger partial charge on any atom is -0.398 e. The molecule has 5 heteroatoms. The highest BCUT2D eigenvalue weighted by molar-refractivity contribution is 6.33. The Morgan fingerprint density at radius 1 is 1.26 bits per heavy atom. The fourth-order valence-corrected chi connectivity index (χ4v) is 1.78. The second-order valence-electron chi connectivity index (χ2n) is 4.05. The van der Waals surface area contributed by atoms with Gasteiger partial charge in [0.1, 0.15) is 5.82 Å². The number of carbonyl (C=O) groups excluding carboxylic acids is 1. The van der Waals surface area contributed by atoms with Gasteiger partial charge in [-0.15, -0.1) is 0 Å². The highest BCUT2D eigenvalue weighted by atomic mass is 35.5. The highest BCUT2D eigenvalue weighted by Gasteiger charge is 2.07. The monoisotopic (exact) mass is 278 g/mol. The van der Waals surface area contributed by atoms with E-state index in [0.29, 0.717) is 21.8 Å². The van der Waals surface area contributed by atoms with Gasteiger partial charge >= 0.3 is 0 Å². The molecule has 0 aliphatic rings. The lowest BCUT2D eigenvalue weighted by Crippen LogP contribution is -2.22. The number of nitrogens with one attached hydrogen (secondary N) is 1. The first-order valence-corrected chi connectivity index (χ1v) is 6.02. The topological polar surface area (TPSA) is 55.1 Å². The molecule has 0 saturated carbocycles. The molecular formula is C14H12ClFN2O. The van der Waals surface area contributed by atoms with Crippen molar-refractivity contribution in [3.63, 3.8) is 0 Å². The Hall–Kier alpha value is -2.07. The first kappa shape index (κ1) is 13.4. The molecule has 2 aromatic rings. The third-order valence-corrected chi connectivity index (χ3v) is 2.93. The second kappa shape index (κ2) is 5.71. The Labute approximate surface area is 115 Å². The van der Waals surface area contributed by atoms with Gasteiger partial charge in [-0.25, -0.2) is 4.39 Å². The quantitative estimate of drug-likeness (QED) is 0.848. The van der Waals surface area contributed by atoms with Gasteiger partial charge in [0.15, 0.2) is 0 Å². The summed E-state index contributed by atoms with van der Waals surface area (Å²) < 4.78 is 13.0. The summed E-state index contributed by atoms with van der Waals surface area (Å²) in [6.45, 7) is 0.249. The lowest BCUT2D eigenvalue weighted by Gasteiger charge is -2.06. The number of benzene rings is 2. The predicted molar refractivity (Wildman–Crippen MR) is 73.4 cm³/mol. The highest BCUT2D eigenvalue weighted by Crippen LogP contribution is 2.19. The first-order valence-electron chi connectivity index (χ1n) is 5.64. The van der Waals surface area contributed by atoms with Gasteiger partial charge in [0, 0.05) is 12.1 Å². The summed E-state index contributed by atoms with van der Waals surface area (Å²) in [4.78, 5) is 11.9. The van der Waals surface area contributed by atoms with Crippen molar-refractivity contribution in [2.75, 3.05) is 5.73 Å². The average molecular weight is 279 g/mol. The van der Waals surface area contributed by atoms with Crippen LogP contribution in [0.5, 0.6) is 0 Å². The lowest BCUT2D eigenvalue weighted by molar-refractivity contribution is 0.0951. The zero-order valence-corrected chi connectivity index (χ0v) is 10.7. The van der Waals surface area contributed by atoms with Crippen molar-refractivity contribution in [3.8, 4) is 0 Å². The van der Waals surface area contributed by atoms with E-state index < -0.39 is 0 Å². The maximum absolute atomic E-state index is 13.0. The van der Waals surface area contributed by atoms with Gasteiger partial charge in [0.2, 0.25) is 0 Å². The fraction of sp³-hybridized carbons (Fsp3) is 0.0714. The predicted octanol–water partition coefficient (Wildman–Crippen LogP) is 2.99. The van der Waals surface area contributed by atoms with Crippen LogP contribution in [-0.4, -0.2) is 5.91 Å². The van der Waals surface area contributed by atoms with E-state index in [1.807, 2.05) is 0 Å². The largest absolute Gasteiger partial charge is 0.398 e. The molecule has 98 valence electrons. The number of rotatable bonds is 3. The molecule has 3 nitrogen and oxygen atoms in total. The van der Waals surface area contributed by atoms with Crippen molar-refractivity contribution < 1.29 is 9.18 Å². The number of amides is 1. The average Bonchev–Trinajstić information content (AvgIpc) is 2.39. The number of halogens is 2. The number of nitrogen functional groups attached to an aromatic ring is 1. The summed E-state index contributed by atoms with van der Waals surface area (Å²) in [5.74, 6) is -0.617. The molecule has 0 aromatic heterocycles. The van der Waals surface area contributed by atoms with Gasteiger partial charge in [0.05, 0.1) is 10.7 Å². The molecule has 0 aliphatic carbocycles. The molecule has 0 atom stereocenters. The van der Waals surface area contributed by atoms with E-state index in [0.717, 1.165) is 0 Å². The molecular weight excluding hydrogens is 267 g/mol. The van der Waals surface area contributed by atoms with Crippen LogP contribution in [0, 0.1) is 5.82 Å². The second-order valence-corrected chi connectivity index (χ2v) is 4.46. The van der Waals surface area contributed by atoms with Gasteiger partial charge < -0.3 is 11.1 Å². The van der Waals surface area contributed by atoms with Crippen molar-refractivity contribution in [1.29, 1.82) is 0 Å². The van der Waals surface area contributed by atoms with Crippen LogP contribution in [0.3, 0.4) is 0 Å². The third-order valence-electron chi connectivity index (χ3n) is 2.60. The Morgan fingerprint density at radius 3 is 2.74 bits per heavy atom. The minimum absolute atomic E-state index is 0.249. The number of hydrogen-bond donors (Lipinski definition) is 2. The van der Waals surface area contributed by atoms with Gasteiger partial charge in [-0.05, 0) is 35.9 Å². The third kappa shape index (κ3) is 3.45. The number of carbonyl (C=O) groups is 1. The van der Waals surface area contributed by atoms with Crippen molar-refractivity contribution in [2.45, 2.75) is 6.54 Å². The van der Waals surface area contributed by atoms with Gasteiger partial charge in [-0.2, -0.15) is 0 Å². The van der Waals surface area contributed by atoms with E-state index in [2.05, 4.69) is 5.32 Å². The van der Waals surface area contributed by atoms with Crippen molar-refractivity contribution in [1.82, 2.24) is 5.32 Å². The molecule has 0 spiro atoms. The fourth-order valence-electron chi connectivity index (χ4n) is 1.60. The van der Waals surface area contributed by atoms with Crippen LogP contribution in [0.4, 0.5) is 10.1 Å². The van der Waals surface area contributed by atoms with Crippen LogP contribution in [0.25, 0.3) is 0 Å². The Morgan fingerprint density at radius 2 is 2.05 bits per heavy atom. The first-order chi connectivity index (χ1) is 9.06. The van der Waals surface area contributed by atoms with Crippen LogP contribution in [-0.2, 0) is 6.54 Å². The molecule has 0 bridgehead atoms. The standard InChI is InChI=1S/C14H12ClFN2O/c15-12-7-10(4-5-13(12)17)14(19)18-8-9-2-1-3-11(16)6-9/h1-7H,8,17H2,(H,18,19). The minimum atomic E-state index is -0.331. The maximum atomic E-state index is 13.0. The molecule has 0 saturated heterocycles. The van der Waals surface area contributed by atoms with Crippen molar-refractivity contribution in [2.24, 2.45) is 0 Å². The summed E-state index contributed by atoms with van der Waals surface area (Å²) in [6.07, 6.45) is 0. The molecule has 3 N–H and O–H groups in total. The van der Waals surface area contributed by atoms with E-state index >= 15 is 0 Å². The van der Waals surface area contributed by atoms with Crippen LogP contribution in [0.1, 0.15) is 15.9 Å². The van der Waals surface area contributed by atoms with Crippen LogP contribution >= 0.6 is 11.6 Å². The van der Waals surface area contributed by atoms with E-state index in [-0.39, 0.29) is 18.3 Å². The van der Waals surface area contributed by atoms with E-state index in [9.17, 15) is 9.18 Å². The van der Waals surface area contributed by atoms with Gasteiger partial charge in [-0.1, -0.05) is 23.7 Å². The molecule has 1 amide bonds. The molecule has 2 rings (SSSR count). The molecule has 0 unspecified atom stereocenters. The van der Waals surface area contributed by atoms with E-state index in [4.69, 9.17) is 17.3 Å². The van der Waals surface area contributed by atoms with Crippen LogP contribution < -0.4 is 11.1 Å². The molecule has 2 aromatic carbocycles. The van der Waals surface area contributed by atoms with E-state index in [1.54, 1.807) is 24.3 Å². The smallest absolute Gasteiger partial charge is 0.251 e. The SMILES string of the molecule is Nc1ccc(C(=O)NCc2cccc(F)c2)cc1Cl. The molecule has 0 fully saturated rings. The summed E-state index contributed by atoms with van der Waals surface area (Å²) in [7, 11) is 0. The lowest BCUT2D eigenvalue weighted by atomic mass is 10.1. The Bertz CT molecular complexity index is 616. The van der Waals surface area contributed by atoms with Gasteiger partial charge in [0.25, 0.3) is 5.91 Å². The van der Waals surface area contributed by atoms with Gasteiger partial charge in [-0.3, -0.25) is 4.79 Å². The Balaban J connectivity index is 2.03. The molecule has 0 heterocycles. The van der Waals surface area contributed by atoms with Crippen molar-refractivity contribution in [3.05, 3.63) is 64.4 Å². The maximum Gasteiger partial charge on any atom is 0.251 e. The van der Waals surface area contributed by atoms with Crippen LogP contribution in [0.2, 0.25) is 5.02 Å². The number of hydrogen-bond acceptors (Lipinski definition) is 2. The zero-order chi connectivity index (χ0) is 13.8. The summed E-state index contributed by atoms with van der Waals surface area (Å²) >= 11 is 5.84. The molecule has 0 aliphatic heterocycles.